The minimum atomic E-state index is -0.373. The van der Waals surface area contributed by atoms with Crippen LogP contribution in [0, 0.1) is 5.95 Å². The van der Waals surface area contributed by atoms with Gasteiger partial charge in [0, 0.05) is 24.7 Å². The normalized spacial score (nSPS) is 15.9. The molecule has 0 unspecified atom stereocenters. The lowest BCUT2D eigenvalue weighted by molar-refractivity contribution is 0.216. The zero-order valence-electron chi connectivity index (χ0n) is 10.6. The molecular weight excluding hydrogens is 312 g/mol. The summed E-state index contributed by atoms with van der Waals surface area (Å²) in [6, 6.07) is 5.06. The Hall–Kier alpha value is -0.130. The molecular formula is C12H21Cl3FN3. The molecule has 1 aliphatic heterocycles. The van der Waals surface area contributed by atoms with Gasteiger partial charge >= 0.3 is 0 Å². The fourth-order valence-corrected chi connectivity index (χ4v) is 2.29. The van der Waals surface area contributed by atoms with Crippen LogP contribution in [0.4, 0.5) is 4.39 Å². The number of pyridine rings is 1. The smallest absolute Gasteiger partial charge is 0.213 e. The highest BCUT2D eigenvalue weighted by Crippen LogP contribution is 2.26. The van der Waals surface area contributed by atoms with Crippen LogP contribution in [-0.2, 0) is 0 Å². The highest BCUT2D eigenvalue weighted by molar-refractivity contribution is 5.86. The molecule has 0 amide bonds. The standard InChI is InChI=1S/C12H18FN3.3ClH/c13-12-3-1-2-11(15-12)10-4-7-16(8-5-10)9-6-14;;;/h1-3,10H,4-9,14H2;3*1H. The number of hydrogen-bond donors (Lipinski definition) is 1. The lowest BCUT2D eigenvalue weighted by Gasteiger charge is -2.31. The number of rotatable bonds is 3. The third-order valence-corrected chi connectivity index (χ3v) is 3.19. The van der Waals surface area contributed by atoms with Gasteiger partial charge in [-0.05, 0) is 38.1 Å². The average molecular weight is 333 g/mol. The molecule has 1 saturated heterocycles. The molecule has 2 rings (SSSR count). The molecule has 2 N–H and O–H groups in total. The van der Waals surface area contributed by atoms with Crippen molar-refractivity contribution < 1.29 is 4.39 Å². The van der Waals surface area contributed by atoms with E-state index in [1.807, 2.05) is 6.07 Å². The minimum Gasteiger partial charge on any atom is -0.329 e. The molecule has 0 aromatic carbocycles. The first-order valence-corrected chi connectivity index (χ1v) is 5.84. The van der Waals surface area contributed by atoms with Crippen LogP contribution in [0.25, 0.3) is 0 Å². The van der Waals surface area contributed by atoms with E-state index in [-0.39, 0.29) is 43.2 Å². The fourth-order valence-electron chi connectivity index (χ4n) is 2.29. The van der Waals surface area contributed by atoms with Crippen LogP contribution < -0.4 is 5.73 Å². The molecule has 112 valence electrons. The lowest BCUT2D eigenvalue weighted by atomic mass is 9.93. The first kappa shape index (κ1) is 21.2. The van der Waals surface area contributed by atoms with Gasteiger partial charge in [0.1, 0.15) is 0 Å². The van der Waals surface area contributed by atoms with Crippen molar-refractivity contribution in [2.75, 3.05) is 26.2 Å². The van der Waals surface area contributed by atoms with Crippen molar-refractivity contribution in [3.8, 4) is 0 Å². The minimum absolute atomic E-state index is 0. The number of hydrogen-bond acceptors (Lipinski definition) is 3. The maximum atomic E-state index is 13.0. The summed E-state index contributed by atoms with van der Waals surface area (Å²) in [6.07, 6.45) is 2.10. The second-order valence-corrected chi connectivity index (χ2v) is 4.29. The monoisotopic (exact) mass is 331 g/mol. The van der Waals surface area contributed by atoms with Gasteiger partial charge in [0.25, 0.3) is 0 Å². The zero-order chi connectivity index (χ0) is 11.4. The molecule has 0 spiro atoms. The van der Waals surface area contributed by atoms with Gasteiger partial charge in [0.05, 0.1) is 0 Å². The predicted molar refractivity (Wildman–Crippen MR) is 83.4 cm³/mol. The van der Waals surface area contributed by atoms with Gasteiger partial charge in [-0.15, -0.1) is 37.2 Å². The van der Waals surface area contributed by atoms with Gasteiger partial charge < -0.3 is 10.6 Å². The third-order valence-electron chi connectivity index (χ3n) is 3.19. The number of piperidine rings is 1. The van der Waals surface area contributed by atoms with Crippen LogP contribution in [0.1, 0.15) is 24.5 Å². The Kier molecular flexibility index (Phi) is 11.8. The summed E-state index contributed by atoms with van der Waals surface area (Å²) >= 11 is 0. The van der Waals surface area contributed by atoms with Gasteiger partial charge in [-0.25, -0.2) is 4.98 Å². The lowest BCUT2D eigenvalue weighted by Crippen LogP contribution is -2.36. The number of aromatic nitrogens is 1. The Labute approximate surface area is 132 Å². The zero-order valence-corrected chi connectivity index (χ0v) is 13.1. The van der Waals surface area contributed by atoms with Crippen molar-refractivity contribution in [3.63, 3.8) is 0 Å². The summed E-state index contributed by atoms with van der Waals surface area (Å²) in [5.74, 6) is 0.0339. The highest BCUT2D eigenvalue weighted by atomic mass is 35.5. The van der Waals surface area contributed by atoms with Crippen LogP contribution >= 0.6 is 37.2 Å². The molecule has 2 heterocycles. The molecule has 0 aliphatic carbocycles. The summed E-state index contributed by atoms with van der Waals surface area (Å²) in [5, 5.41) is 0. The topological polar surface area (TPSA) is 42.1 Å². The van der Waals surface area contributed by atoms with E-state index in [1.165, 1.54) is 6.07 Å². The summed E-state index contributed by atoms with van der Waals surface area (Å²) in [5.41, 5.74) is 6.42. The Bertz CT molecular complexity index is 347. The van der Waals surface area contributed by atoms with Crippen molar-refractivity contribution >= 4 is 37.2 Å². The van der Waals surface area contributed by atoms with Crippen molar-refractivity contribution in [2.45, 2.75) is 18.8 Å². The molecule has 3 nitrogen and oxygen atoms in total. The van der Waals surface area contributed by atoms with Crippen molar-refractivity contribution in [1.82, 2.24) is 9.88 Å². The summed E-state index contributed by atoms with van der Waals surface area (Å²) in [4.78, 5) is 6.31. The molecule has 1 fully saturated rings. The number of halogens is 4. The van der Waals surface area contributed by atoms with Crippen molar-refractivity contribution in [2.24, 2.45) is 5.73 Å². The molecule has 0 atom stereocenters. The molecule has 0 radical (unpaired) electrons. The van der Waals surface area contributed by atoms with Crippen LogP contribution in [0.5, 0.6) is 0 Å². The maximum absolute atomic E-state index is 13.0. The second-order valence-electron chi connectivity index (χ2n) is 4.29. The van der Waals surface area contributed by atoms with E-state index in [0.29, 0.717) is 12.5 Å². The van der Waals surface area contributed by atoms with E-state index >= 15 is 0 Å². The van der Waals surface area contributed by atoms with E-state index < -0.39 is 0 Å². The maximum Gasteiger partial charge on any atom is 0.213 e. The first-order chi connectivity index (χ1) is 7.79. The predicted octanol–water partition coefficient (Wildman–Crippen LogP) is 2.62. The molecule has 1 aromatic rings. The molecule has 7 heteroatoms. The average Bonchev–Trinajstić information content (AvgIpc) is 2.30. The van der Waals surface area contributed by atoms with E-state index in [9.17, 15) is 4.39 Å². The highest BCUT2D eigenvalue weighted by Gasteiger charge is 2.21. The van der Waals surface area contributed by atoms with Crippen molar-refractivity contribution in [3.05, 3.63) is 29.8 Å². The summed E-state index contributed by atoms with van der Waals surface area (Å²) in [6.45, 7) is 3.76. The van der Waals surface area contributed by atoms with Gasteiger partial charge in [0.15, 0.2) is 0 Å². The SMILES string of the molecule is Cl.Cl.Cl.NCCN1CCC(c2cccc(F)n2)CC1. The van der Waals surface area contributed by atoms with Gasteiger partial charge in [-0.1, -0.05) is 6.07 Å². The van der Waals surface area contributed by atoms with Gasteiger partial charge in [0.2, 0.25) is 5.95 Å². The fraction of sp³-hybridized carbons (Fsp3) is 0.583. The van der Waals surface area contributed by atoms with E-state index in [4.69, 9.17) is 5.73 Å². The van der Waals surface area contributed by atoms with Crippen molar-refractivity contribution in [1.29, 1.82) is 0 Å². The third kappa shape index (κ3) is 6.23. The van der Waals surface area contributed by atoms with E-state index in [0.717, 1.165) is 38.2 Å². The first-order valence-electron chi connectivity index (χ1n) is 5.84. The van der Waals surface area contributed by atoms with Gasteiger partial charge in [-0.3, -0.25) is 0 Å². The summed E-state index contributed by atoms with van der Waals surface area (Å²) in [7, 11) is 0. The largest absolute Gasteiger partial charge is 0.329 e. The Morgan fingerprint density at radius 3 is 2.37 bits per heavy atom. The molecule has 1 aromatic heterocycles. The Morgan fingerprint density at radius 2 is 1.84 bits per heavy atom. The molecule has 0 saturated carbocycles. The van der Waals surface area contributed by atoms with Gasteiger partial charge in [-0.2, -0.15) is 4.39 Å². The quantitative estimate of drug-likeness (QED) is 0.865. The number of nitrogens with two attached hydrogens (primary N) is 1. The number of nitrogens with zero attached hydrogens (tertiary/aromatic N) is 2. The Balaban J connectivity index is 0. The summed E-state index contributed by atoms with van der Waals surface area (Å²) < 4.78 is 13.0. The van der Waals surface area contributed by atoms with Crippen LogP contribution in [0.3, 0.4) is 0 Å². The van der Waals surface area contributed by atoms with Crippen LogP contribution in [0.2, 0.25) is 0 Å². The molecule has 19 heavy (non-hydrogen) atoms. The van der Waals surface area contributed by atoms with Crippen LogP contribution in [-0.4, -0.2) is 36.1 Å². The molecule has 1 aliphatic rings. The van der Waals surface area contributed by atoms with E-state index in [1.54, 1.807) is 6.07 Å². The molecule has 0 bridgehead atoms. The second kappa shape index (κ2) is 10.6. The number of likely N-dealkylation sites (tertiary alicyclic amines) is 1. The Morgan fingerprint density at radius 1 is 1.21 bits per heavy atom. The van der Waals surface area contributed by atoms with Crippen LogP contribution in [0.15, 0.2) is 18.2 Å². The van der Waals surface area contributed by atoms with E-state index in [2.05, 4.69) is 9.88 Å².